The topological polar surface area (TPSA) is 38.1 Å². The van der Waals surface area contributed by atoms with E-state index in [0.29, 0.717) is 0 Å². The quantitative estimate of drug-likeness (QED) is 0.710. The van der Waals surface area contributed by atoms with Gasteiger partial charge in [-0.15, -0.1) is 11.3 Å². The van der Waals surface area contributed by atoms with Crippen LogP contribution in [0.5, 0.6) is 0 Å². The number of likely N-dealkylation sites (tertiary alicyclic amines) is 1. The van der Waals surface area contributed by atoms with Gasteiger partial charge in [0.2, 0.25) is 0 Å². The van der Waals surface area contributed by atoms with Crippen molar-refractivity contribution in [2.45, 2.75) is 19.3 Å². The van der Waals surface area contributed by atoms with Crippen molar-refractivity contribution in [1.29, 1.82) is 0 Å². The first-order valence-corrected chi connectivity index (χ1v) is 9.43. The van der Waals surface area contributed by atoms with Crippen LogP contribution in [0.25, 0.3) is 15.9 Å². The van der Waals surface area contributed by atoms with Crippen LogP contribution in [0.2, 0.25) is 0 Å². The number of aromatic nitrogens is 2. The predicted molar refractivity (Wildman–Crippen MR) is 95.7 cm³/mol. The van der Waals surface area contributed by atoms with Gasteiger partial charge in [0.25, 0.3) is 5.91 Å². The molecule has 1 aliphatic carbocycles. The molecule has 0 bridgehead atoms. The molecule has 2 aliphatic rings. The van der Waals surface area contributed by atoms with E-state index in [0.717, 1.165) is 45.7 Å². The van der Waals surface area contributed by atoms with Crippen molar-refractivity contribution in [3.05, 3.63) is 47.5 Å². The highest BCUT2D eigenvalue weighted by atomic mass is 32.1. The lowest BCUT2D eigenvalue weighted by molar-refractivity contribution is 0.0785. The second kappa shape index (κ2) is 5.45. The van der Waals surface area contributed by atoms with Gasteiger partial charge in [-0.1, -0.05) is 24.6 Å². The monoisotopic (exact) mass is 337 g/mol. The molecule has 2 fully saturated rings. The summed E-state index contributed by atoms with van der Waals surface area (Å²) in [6.07, 6.45) is 5.95. The largest absolute Gasteiger partial charge is 0.337 e. The van der Waals surface area contributed by atoms with E-state index in [9.17, 15) is 4.79 Å². The number of benzene rings is 1. The molecule has 5 rings (SSSR count). The summed E-state index contributed by atoms with van der Waals surface area (Å²) < 4.78 is 2.96. The first-order valence-electron chi connectivity index (χ1n) is 8.62. The smallest absolute Gasteiger partial charge is 0.264 e. The molecular weight excluding hydrogens is 318 g/mol. The first-order chi connectivity index (χ1) is 11.8. The summed E-state index contributed by atoms with van der Waals surface area (Å²) in [5.74, 6) is 1.68. The number of carbonyl (C=O) groups is 1. The number of thiophene rings is 1. The third-order valence-electron chi connectivity index (χ3n) is 5.44. The second-order valence-corrected chi connectivity index (χ2v) is 8.01. The minimum Gasteiger partial charge on any atom is -0.337 e. The second-order valence-electron chi connectivity index (χ2n) is 6.93. The summed E-state index contributed by atoms with van der Waals surface area (Å²) in [7, 11) is 0. The van der Waals surface area contributed by atoms with Gasteiger partial charge in [0.05, 0.1) is 15.3 Å². The van der Waals surface area contributed by atoms with E-state index < -0.39 is 0 Å². The molecule has 1 aromatic carbocycles. The number of para-hydroxylation sites is 1. The van der Waals surface area contributed by atoms with Crippen LogP contribution < -0.4 is 0 Å². The van der Waals surface area contributed by atoms with Crippen LogP contribution in [0.15, 0.2) is 42.6 Å². The zero-order valence-corrected chi connectivity index (χ0v) is 14.2. The highest BCUT2D eigenvalue weighted by Gasteiger charge is 2.38. The summed E-state index contributed by atoms with van der Waals surface area (Å²) in [6, 6.07) is 12.0. The lowest BCUT2D eigenvalue weighted by atomic mass is 10.0. The molecule has 1 saturated carbocycles. The molecule has 0 unspecified atom stereocenters. The maximum atomic E-state index is 12.8. The molecule has 1 aliphatic heterocycles. The van der Waals surface area contributed by atoms with Gasteiger partial charge < -0.3 is 4.90 Å². The van der Waals surface area contributed by atoms with Gasteiger partial charge in [-0.05, 0) is 42.9 Å². The minimum absolute atomic E-state index is 0.193. The number of rotatable bonds is 2. The van der Waals surface area contributed by atoms with Crippen LogP contribution in [-0.2, 0) is 0 Å². The van der Waals surface area contributed by atoms with Gasteiger partial charge in [0.15, 0.2) is 0 Å². The van der Waals surface area contributed by atoms with E-state index in [1.165, 1.54) is 19.3 Å². The summed E-state index contributed by atoms with van der Waals surface area (Å²) in [5.41, 5.74) is 1.95. The summed E-state index contributed by atoms with van der Waals surface area (Å²) in [4.78, 5) is 15.7. The number of carbonyl (C=O) groups excluding carboxylic acids is 1. The predicted octanol–water partition coefficient (Wildman–Crippen LogP) is 3.96. The Hall–Kier alpha value is -2.14. The SMILES string of the molecule is O=C(c1cc2nn(-c3ccccc3)cc2s1)N1C[C@H]2CCC[C@H]2C1. The molecule has 5 heteroatoms. The zero-order valence-electron chi connectivity index (χ0n) is 13.4. The molecule has 0 spiro atoms. The van der Waals surface area contributed by atoms with Crippen molar-refractivity contribution in [3.63, 3.8) is 0 Å². The molecule has 4 nitrogen and oxygen atoms in total. The highest BCUT2D eigenvalue weighted by molar-refractivity contribution is 7.20. The molecule has 2 aromatic heterocycles. The van der Waals surface area contributed by atoms with Crippen LogP contribution in [0.3, 0.4) is 0 Å². The van der Waals surface area contributed by atoms with Crippen LogP contribution in [0.4, 0.5) is 0 Å². The van der Waals surface area contributed by atoms with E-state index in [1.54, 1.807) is 11.3 Å². The Morgan fingerprint density at radius 3 is 2.58 bits per heavy atom. The molecule has 24 heavy (non-hydrogen) atoms. The van der Waals surface area contributed by atoms with Gasteiger partial charge in [0, 0.05) is 19.3 Å². The zero-order chi connectivity index (χ0) is 16.1. The number of hydrogen-bond acceptors (Lipinski definition) is 3. The Bertz CT molecular complexity index is 854. The van der Waals surface area contributed by atoms with Crippen molar-refractivity contribution >= 4 is 27.5 Å². The van der Waals surface area contributed by atoms with Crippen molar-refractivity contribution in [2.75, 3.05) is 13.1 Å². The normalized spacial score (nSPS) is 23.1. The van der Waals surface area contributed by atoms with E-state index in [2.05, 4.69) is 10.00 Å². The molecule has 2 atom stereocenters. The molecular formula is C19H19N3OS. The Labute approximate surface area is 144 Å². The average Bonchev–Trinajstić information content (AvgIpc) is 3.33. The van der Waals surface area contributed by atoms with Crippen molar-refractivity contribution in [3.8, 4) is 5.69 Å². The number of fused-ring (bicyclic) bond motifs is 2. The minimum atomic E-state index is 0.193. The van der Waals surface area contributed by atoms with Crippen molar-refractivity contribution in [1.82, 2.24) is 14.7 Å². The standard InChI is InChI=1S/C19H19N3OS/c23-19(21-10-13-5-4-6-14(13)11-21)17-9-16-18(24-17)12-22(20-16)15-7-2-1-3-8-15/h1-3,7-9,12-14H,4-6,10-11H2/t13-,14+. The van der Waals surface area contributed by atoms with E-state index >= 15 is 0 Å². The summed E-state index contributed by atoms with van der Waals surface area (Å²) in [6.45, 7) is 1.89. The third kappa shape index (κ3) is 2.26. The lowest BCUT2D eigenvalue weighted by Crippen LogP contribution is -2.28. The first kappa shape index (κ1) is 14.2. The fourth-order valence-corrected chi connectivity index (χ4v) is 5.18. The molecule has 3 heterocycles. The van der Waals surface area contributed by atoms with Crippen LogP contribution >= 0.6 is 11.3 Å². The molecule has 0 radical (unpaired) electrons. The Kier molecular flexibility index (Phi) is 3.23. The highest BCUT2D eigenvalue weighted by Crippen LogP contribution is 2.38. The lowest BCUT2D eigenvalue weighted by Gasteiger charge is -2.15. The van der Waals surface area contributed by atoms with Gasteiger partial charge in [-0.2, -0.15) is 5.10 Å². The number of amides is 1. The molecule has 1 amide bonds. The van der Waals surface area contributed by atoms with E-state index in [4.69, 9.17) is 0 Å². The van der Waals surface area contributed by atoms with Crippen molar-refractivity contribution in [2.24, 2.45) is 11.8 Å². The van der Waals surface area contributed by atoms with Crippen LogP contribution in [0.1, 0.15) is 28.9 Å². The third-order valence-corrected chi connectivity index (χ3v) is 6.49. The molecule has 1 saturated heterocycles. The van der Waals surface area contributed by atoms with Crippen molar-refractivity contribution < 1.29 is 4.79 Å². The molecule has 0 N–H and O–H groups in total. The van der Waals surface area contributed by atoms with Gasteiger partial charge in [-0.25, -0.2) is 4.68 Å². The van der Waals surface area contributed by atoms with Gasteiger partial charge in [0.1, 0.15) is 5.52 Å². The number of hydrogen-bond donors (Lipinski definition) is 0. The summed E-state index contributed by atoms with van der Waals surface area (Å²) >= 11 is 1.56. The molecule has 3 aromatic rings. The van der Waals surface area contributed by atoms with Gasteiger partial charge in [-0.3, -0.25) is 4.79 Å². The Balaban J connectivity index is 1.40. The van der Waals surface area contributed by atoms with E-state index in [-0.39, 0.29) is 5.91 Å². The maximum absolute atomic E-state index is 12.8. The van der Waals surface area contributed by atoms with Crippen LogP contribution in [0, 0.1) is 11.8 Å². The summed E-state index contributed by atoms with van der Waals surface area (Å²) in [5, 5.41) is 4.63. The Morgan fingerprint density at radius 2 is 1.88 bits per heavy atom. The average molecular weight is 337 g/mol. The van der Waals surface area contributed by atoms with Gasteiger partial charge >= 0.3 is 0 Å². The molecule has 122 valence electrons. The fourth-order valence-electron chi connectivity index (χ4n) is 4.20. The number of nitrogens with zero attached hydrogens (tertiary/aromatic N) is 3. The van der Waals surface area contributed by atoms with Crippen LogP contribution in [-0.4, -0.2) is 33.7 Å². The fraction of sp³-hybridized carbons (Fsp3) is 0.368. The Morgan fingerprint density at radius 1 is 1.12 bits per heavy atom. The van der Waals surface area contributed by atoms with E-state index in [1.807, 2.05) is 47.3 Å². The maximum Gasteiger partial charge on any atom is 0.264 e.